The number of nitrogens with zero attached hydrogens (tertiary/aromatic N) is 3. The lowest BCUT2D eigenvalue weighted by molar-refractivity contribution is -0.0157. The van der Waals surface area contributed by atoms with Crippen LogP contribution in [0.25, 0.3) is 5.69 Å². The molecule has 2 atom stereocenters. The van der Waals surface area contributed by atoms with Gasteiger partial charge in [-0.15, -0.1) is 0 Å². The fourth-order valence-electron chi connectivity index (χ4n) is 3.41. The standard InChI is InChI=1S/C22H24N4O2/c1-17(18-7-9-20(10-8-18)26-12-11-23-16-26)24-22(27)25-13-14-28-21(15-25)19-5-3-2-4-6-19/h2-12,16-17,21H,13-15H2,1H3,(H,24,27). The zero-order chi connectivity index (χ0) is 19.3. The van der Waals surface area contributed by atoms with Gasteiger partial charge in [0.05, 0.1) is 25.5 Å². The number of carbonyl (C=O) groups is 1. The number of amides is 2. The second-order valence-electron chi connectivity index (χ2n) is 6.95. The molecule has 1 aliphatic rings. The van der Waals surface area contributed by atoms with E-state index in [-0.39, 0.29) is 18.2 Å². The van der Waals surface area contributed by atoms with Gasteiger partial charge >= 0.3 is 6.03 Å². The number of aromatic nitrogens is 2. The lowest BCUT2D eigenvalue weighted by Gasteiger charge is -2.34. The number of ether oxygens (including phenoxy) is 1. The number of morpholine rings is 1. The van der Waals surface area contributed by atoms with Crippen LogP contribution in [0.4, 0.5) is 4.79 Å². The van der Waals surface area contributed by atoms with E-state index in [1.807, 2.05) is 77.2 Å². The fraction of sp³-hybridized carbons (Fsp3) is 0.273. The summed E-state index contributed by atoms with van der Waals surface area (Å²) in [6.45, 7) is 3.70. The Balaban J connectivity index is 1.37. The van der Waals surface area contributed by atoms with Gasteiger partial charge in [-0.3, -0.25) is 0 Å². The molecular weight excluding hydrogens is 352 g/mol. The van der Waals surface area contributed by atoms with Gasteiger partial charge in [-0.25, -0.2) is 9.78 Å². The average Bonchev–Trinajstić information content (AvgIpc) is 3.29. The molecule has 2 amide bonds. The predicted molar refractivity (Wildman–Crippen MR) is 107 cm³/mol. The lowest BCUT2D eigenvalue weighted by atomic mass is 10.1. The van der Waals surface area contributed by atoms with Crippen LogP contribution in [0.15, 0.2) is 73.3 Å². The van der Waals surface area contributed by atoms with Gasteiger partial charge in [0, 0.05) is 24.6 Å². The van der Waals surface area contributed by atoms with Crippen molar-refractivity contribution in [2.24, 2.45) is 0 Å². The molecule has 6 nitrogen and oxygen atoms in total. The van der Waals surface area contributed by atoms with Crippen molar-refractivity contribution in [3.05, 3.63) is 84.4 Å². The topological polar surface area (TPSA) is 59.4 Å². The van der Waals surface area contributed by atoms with Gasteiger partial charge in [0.1, 0.15) is 6.10 Å². The molecule has 1 fully saturated rings. The number of hydrogen-bond donors (Lipinski definition) is 1. The minimum absolute atomic E-state index is 0.0598. The maximum absolute atomic E-state index is 12.8. The molecular formula is C22H24N4O2. The molecule has 0 saturated carbocycles. The quantitative estimate of drug-likeness (QED) is 0.755. The summed E-state index contributed by atoms with van der Waals surface area (Å²) in [5.41, 5.74) is 3.20. The molecule has 0 bridgehead atoms. The molecule has 1 saturated heterocycles. The summed E-state index contributed by atoms with van der Waals surface area (Å²) >= 11 is 0. The first-order valence-electron chi connectivity index (χ1n) is 9.51. The van der Waals surface area contributed by atoms with Gasteiger partial charge in [-0.2, -0.15) is 0 Å². The van der Waals surface area contributed by atoms with Crippen molar-refractivity contribution in [2.45, 2.75) is 19.1 Å². The van der Waals surface area contributed by atoms with Gasteiger partial charge < -0.3 is 19.5 Å². The van der Waals surface area contributed by atoms with Crippen molar-refractivity contribution < 1.29 is 9.53 Å². The maximum atomic E-state index is 12.8. The Hall–Kier alpha value is -3.12. The SMILES string of the molecule is CC(NC(=O)N1CCOC(c2ccccc2)C1)c1ccc(-n2ccnc2)cc1. The van der Waals surface area contributed by atoms with Crippen molar-refractivity contribution in [3.63, 3.8) is 0 Å². The third kappa shape index (κ3) is 4.07. The summed E-state index contributed by atoms with van der Waals surface area (Å²) in [5.74, 6) is 0. The first-order valence-corrected chi connectivity index (χ1v) is 9.51. The molecule has 2 aromatic carbocycles. The number of hydrogen-bond acceptors (Lipinski definition) is 3. The molecule has 1 aromatic heterocycles. The van der Waals surface area contributed by atoms with E-state index < -0.39 is 0 Å². The van der Waals surface area contributed by atoms with E-state index in [0.717, 1.165) is 16.8 Å². The predicted octanol–water partition coefficient (Wildman–Crippen LogP) is 3.72. The highest BCUT2D eigenvalue weighted by Crippen LogP contribution is 2.22. The number of rotatable bonds is 4. The molecule has 2 unspecified atom stereocenters. The highest BCUT2D eigenvalue weighted by Gasteiger charge is 2.26. The Morgan fingerprint density at radius 2 is 1.96 bits per heavy atom. The van der Waals surface area contributed by atoms with Crippen LogP contribution in [0.3, 0.4) is 0 Å². The lowest BCUT2D eigenvalue weighted by Crippen LogP contribution is -2.47. The minimum Gasteiger partial charge on any atom is -0.370 e. The highest BCUT2D eigenvalue weighted by atomic mass is 16.5. The number of urea groups is 1. The van der Waals surface area contributed by atoms with E-state index in [1.54, 1.807) is 12.5 Å². The van der Waals surface area contributed by atoms with Crippen LogP contribution < -0.4 is 5.32 Å². The Kier molecular flexibility index (Phi) is 5.39. The third-order valence-corrected chi connectivity index (χ3v) is 5.06. The van der Waals surface area contributed by atoms with E-state index >= 15 is 0 Å². The average molecular weight is 376 g/mol. The minimum atomic E-state index is -0.0812. The Labute approximate surface area is 164 Å². The van der Waals surface area contributed by atoms with Crippen LogP contribution in [-0.2, 0) is 4.74 Å². The first kappa shape index (κ1) is 18.3. The van der Waals surface area contributed by atoms with Crippen molar-refractivity contribution in [2.75, 3.05) is 19.7 Å². The molecule has 4 rings (SSSR count). The summed E-state index contributed by atoms with van der Waals surface area (Å²) in [4.78, 5) is 18.7. The molecule has 3 aromatic rings. The number of carbonyl (C=O) groups excluding carboxylic acids is 1. The Bertz CT molecular complexity index is 894. The zero-order valence-corrected chi connectivity index (χ0v) is 15.9. The van der Waals surface area contributed by atoms with Crippen LogP contribution in [-0.4, -0.2) is 40.2 Å². The van der Waals surface area contributed by atoms with E-state index in [1.165, 1.54) is 0 Å². The largest absolute Gasteiger partial charge is 0.370 e. The first-order chi connectivity index (χ1) is 13.7. The number of benzene rings is 2. The highest BCUT2D eigenvalue weighted by molar-refractivity contribution is 5.75. The molecule has 2 heterocycles. The van der Waals surface area contributed by atoms with E-state index in [4.69, 9.17) is 4.74 Å². The Morgan fingerprint density at radius 3 is 2.68 bits per heavy atom. The monoisotopic (exact) mass is 376 g/mol. The van der Waals surface area contributed by atoms with Crippen LogP contribution in [0.2, 0.25) is 0 Å². The van der Waals surface area contributed by atoms with Gasteiger partial charge in [-0.1, -0.05) is 42.5 Å². The summed E-state index contributed by atoms with van der Waals surface area (Å²) in [7, 11) is 0. The number of imidazole rings is 1. The van der Waals surface area contributed by atoms with E-state index in [9.17, 15) is 4.79 Å². The molecule has 1 N–H and O–H groups in total. The van der Waals surface area contributed by atoms with Crippen molar-refractivity contribution in [1.29, 1.82) is 0 Å². The van der Waals surface area contributed by atoms with Gasteiger partial charge in [0.15, 0.2) is 0 Å². The third-order valence-electron chi connectivity index (χ3n) is 5.06. The molecule has 0 aliphatic carbocycles. The zero-order valence-electron chi connectivity index (χ0n) is 15.9. The number of nitrogens with one attached hydrogen (secondary N) is 1. The van der Waals surface area contributed by atoms with Gasteiger partial charge in [0.25, 0.3) is 0 Å². The van der Waals surface area contributed by atoms with Gasteiger partial charge in [-0.05, 0) is 30.2 Å². The second-order valence-corrected chi connectivity index (χ2v) is 6.95. The molecule has 0 spiro atoms. The molecule has 144 valence electrons. The Morgan fingerprint density at radius 1 is 1.18 bits per heavy atom. The fourth-order valence-corrected chi connectivity index (χ4v) is 3.41. The van der Waals surface area contributed by atoms with Crippen LogP contribution in [0.5, 0.6) is 0 Å². The molecule has 0 radical (unpaired) electrons. The summed E-state index contributed by atoms with van der Waals surface area (Å²) in [5, 5.41) is 3.10. The molecule has 6 heteroatoms. The summed E-state index contributed by atoms with van der Waals surface area (Å²) < 4.78 is 7.80. The van der Waals surface area contributed by atoms with Crippen molar-refractivity contribution in [3.8, 4) is 5.69 Å². The van der Waals surface area contributed by atoms with Crippen LogP contribution in [0.1, 0.15) is 30.2 Å². The molecule has 28 heavy (non-hydrogen) atoms. The van der Waals surface area contributed by atoms with E-state index in [0.29, 0.717) is 19.7 Å². The van der Waals surface area contributed by atoms with Gasteiger partial charge in [0.2, 0.25) is 0 Å². The van der Waals surface area contributed by atoms with Crippen LogP contribution in [0, 0.1) is 0 Å². The van der Waals surface area contributed by atoms with Crippen molar-refractivity contribution >= 4 is 6.03 Å². The van der Waals surface area contributed by atoms with E-state index in [2.05, 4.69) is 10.3 Å². The summed E-state index contributed by atoms with van der Waals surface area (Å²) in [6.07, 6.45) is 5.34. The summed E-state index contributed by atoms with van der Waals surface area (Å²) in [6, 6.07) is 18.0. The van der Waals surface area contributed by atoms with Crippen LogP contribution >= 0.6 is 0 Å². The second kappa shape index (κ2) is 8.27. The maximum Gasteiger partial charge on any atom is 0.318 e. The molecule has 1 aliphatic heterocycles. The smallest absolute Gasteiger partial charge is 0.318 e. The normalized spacial score (nSPS) is 17.9. The van der Waals surface area contributed by atoms with Crippen molar-refractivity contribution in [1.82, 2.24) is 19.8 Å².